The van der Waals surface area contributed by atoms with E-state index < -0.39 is 17.3 Å². The predicted octanol–water partition coefficient (Wildman–Crippen LogP) is 2.67. The molecule has 0 aromatic heterocycles. The second-order valence-corrected chi connectivity index (χ2v) is 4.43. The Morgan fingerprint density at radius 3 is 2.76 bits per heavy atom. The van der Waals surface area contributed by atoms with E-state index in [9.17, 15) is 14.3 Å². The molecule has 2 N–H and O–H groups in total. The lowest BCUT2D eigenvalue weighted by Crippen LogP contribution is -2.47. The third-order valence-electron chi connectivity index (χ3n) is 2.69. The first-order chi connectivity index (χ1) is 7.91. The Kier molecular flexibility index (Phi) is 4.34. The smallest absolute Gasteiger partial charge is 0.255 e. The van der Waals surface area contributed by atoms with Crippen LogP contribution in [0.4, 0.5) is 4.39 Å². The highest BCUT2D eigenvalue weighted by molar-refractivity contribution is 6.18. The van der Waals surface area contributed by atoms with Crippen LogP contribution in [-0.4, -0.2) is 22.4 Å². The Balaban J connectivity index is 2.94. The highest BCUT2D eigenvalue weighted by Crippen LogP contribution is 2.20. The van der Waals surface area contributed by atoms with E-state index >= 15 is 0 Å². The molecular formula is C12H15ClFNO2. The van der Waals surface area contributed by atoms with E-state index in [4.69, 9.17) is 11.6 Å². The molecule has 1 atom stereocenters. The molecule has 0 heterocycles. The summed E-state index contributed by atoms with van der Waals surface area (Å²) in [5.74, 6) is -1.12. The van der Waals surface area contributed by atoms with Crippen LogP contribution in [0.5, 0.6) is 5.75 Å². The van der Waals surface area contributed by atoms with Gasteiger partial charge in [0.25, 0.3) is 5.91 Å². The molecule has 0 fully saturated rings. The first kappa shape index (κ1) is 13.8. The second kappa shape index (κ2) is 5.36. The van der Waals surface area contributed by atoms with Crippen molar-refractivity contribution in [1.29, 1.82) is 0 Å². The normalized spacial score (nSPS) is 14.1. The zero-order valence-electron chi connectivity index (χ0n) is 9.76. The lowest BCUT2D eigenvalue weighted by Gasteiger charge is -2.27. The summed E-state index contributed by atoms with van der Waals surface area (Å²) >= 11 is 5.76. The van der Waals surface area contributed by atoms with Gasteiger partial charge in [0.15, 0.2) is 0 Å². The topological polar surface area (TPSA) is 49.3 Å². The van der Waals surface area contributed by atoms with Crippen molar-refractivity contribution >= 4 is 17.5 Å². The van der Waals surface area contributed by atoms with Crippen LogP contribution in [0.1, 0.15) is 30.6 Å². The van der Waals surface area contributed by atoms with E-state index in [1.54, 1.807) is 6.92 Å². The summed E-state index contributed by atoms with van der Waals surface area (Å²) < 4.78 is 13.0. The molecule has 1 aromatic rings. The van der Waals surface area contributed by atoms with E-state index in [0.717, 1.165) is 18.2 Å². The number of alkyl halides is 1. The summed E-state index contributed by atoms with van der Waals surface area (Å²) in [5, 5.41) is 12.2. The van der Waals surface area contributed by atoms with Crippen molar-refractivity contribution < 1.29 is 14.3 Å². The van der Waals surface area contributed by atoms with Crippen LogP contribution in [0, 0.1) is 5.82 Å². The first-order valence-electron chi connectivity index (χ1n) is 5.29. The summed E-state index contributed by atoms with van der Waals surface area (Å²) in [7, 11) is 0. The maximum absolute atomic E-state index is 13.0. The summed E-state index contributed by atoms with van der Waals surface area (Å²) in [4.78, 5) is 11.9. The summed E-state index contributed by atoms with van der Waals surface area (Å²) in [6.07, 6.45) is 0.637. The van der Waals surface area contributed by atoms with Crippen molar-refractivity contribution in [2.75, 3.05) is 5.88 Å². The van der Waals surface area contributed by atoms with E-state index in [-0.39, 0.29) is 17.2 Å². The maximum Gasteiger partial charge on any atom is 0.255 e. The van der Waals surface area contributed by atoms with Gasteiger partial charge in [-0.1, -0.05) is 6.92 Å². The molecule has 0 bridgehead atoms. The zero-order chi connectivity index (χ0) is 13.1. The lowest BCUT2D eigenvalue weighted by atomic mass is 10.0. The van der Waals surface area contributed by atoms with Gasteiger partial charge in [-0.25, -0.2) is 4.39 Å². The molecule has 0 aliphatic carbocycles. The van der Waals surface area contributed by atoms with Crippen LogP contribution in [0.2, 0.25) is 0 Å². The monoisotopic (exact) mass is 259 g/mol. The van der Waals surface area contributed by atoms with Crippen molar-refractivity contribution in [2.45, 2.75) is 25.8 Å². The maximum atomic E-state index is 13.0. The third kappa shape index (κ3) is 3.33. The Hall–Kier alpha value is -1.29. The molecule has 0 saturated heterocycles. The minimum absolute atomic E-state index is 0.0882. The van der Waals surface area contributed by atoms with Gasteiger partial charge < -0.3 is 10.4 Å². The van der Waals surface area contributed by atoms with Gasteiger partial charge in [-0.15, -0.1) is 11.6 Å². The quantitative estimate of drug-likeness (QED) is 0.817. The minimum atomic E-state index is -0.572. The molecule has 0 aliphatic heterocycles. The van der Waals surface area contributed by atoms with Crippen LogP contribution in [0.25, 0.3) is 0 Å². The van der Waals surface area contributed by atoms with Gasteiger partial charge in [-0.3, -0.25) is 4.79 Å². The fourth-order valence-electron chi connectivity index (χ4n) is 1.25. The average molecular weight is 260 g/mol. The number of hydrogen-bond donors (Lipinski definition) is 2. The number of aromatic hydroxyl groups is 1. The fraction of sp³-hybridized carbons (Fsp3) is 0.417. The number of phenols is 1. The third-order valence-corrected chi connectivity index (χ3v) is 3.28. The van der Waals surface area contributed by atoms with E-state index in [2.05, 4.69) is 5.32 Å². The van der Waals surface area contributed by atoms with Crippen molar-refractivity contribution in [3.63, 3.8) is 0 Å². The van der Waals surface area contributed by atoms with E-state index in [1.807, 2.05) is 6.92 Å². The van der Waals surface area contributed by atoms with Crippen LogP contribution in [0.15, 0.2) is 18.2 Å². The van der Waals surface area contributed by atoms with Gasteiger partial charge in [0.05, 0.1) is 11.1 Å². The first-order valence-corrected chi connectivity index (χ1v) is 5.82. The van der Waals surface area contributed by atoms with Gasteiger partial charge in [0.1, 0.15) is 11.6 Å². The number of hydrogen-bond acceptors (Lipinski definition) is 2. The van der Waals surface area contributed by atoms with Gasteiger partial charge in [-0.2, -0.15) is 0 Å². The standard InChI is InChI=1S/C12H15ClFNO2/c1-3-12(2,7-13)15-11(17)9-6-8(14)4-5-10(9)16/h4-6,16H,3,7H2,1-2H3,(H,15,17). The number of nitrogens with one attached hydrogen (secondary N) is 1. The summed E-state index contributed by atoms with van der Waals surface area (Å²) in [6.45, 7) is 3.67. The van der Waals surface area contributed by atoms with Gasteiger partial charge in [0.2, 0.25) is 0 Å². The summed E-state index contributed by atoms with van der Waals surface area (Å²) in [5.41, 5.74) is -0.660. The Morgan fingerprint density at radius 1 is 1.59 bits per heavy atom. The number of phenolic OH excluding ortho intramolecular Hbond substituents is 1. The number of carbonyl (C=O) groups is 1. The van der Waals surface area contributed by atoms with Crippen LogP contribution in [0.3, 0.4) is 0 Å². The second-order valence-electron chi connectivity index (χ2n) is 4.16. The molecule has 1 unspecified atom stereocenters. The van der Waals surface area contributed by atoms with Gasteiger partial charge >= 0.3 is 0 Å². The fourth-order valence-corrected chi connectivity index (χ4v) is 1.50. The highest BCUT2D eigenvalue weighted by Gasteiger charge is 2.25. The lowest BCUT2D eigenvalue weighted by molar-refractivity contribution is 0.0909. The van der Waals surface area contributed by atoms with Crippen molar-refractivity contribution in [2.24, 2.45) is 0 Å². The van der Waals surface area contributed by atoms with E-state index in [1.165, 1.54) is 0 Å². The van der Waals surface area contributed by atoms with Gasteiger partial charge in [0, 0.05) is 5.88 Å². The Labute approximate surface area is 105 Å². The molecule has 94 valence electrons. The molecule has 1 rings (SSSR count). The predicted molar refractivity (Wildman–Crippen MR) is 64.9 cm³/mol. The molecular weight excluding hydrogens is 245 g/mol. The van der Waals surface area contributed by atoms with Crippen molar-refractivity contribution in [3.8, 4) is 5.75 Å². The molecule has 0 radical (unpaired) electrons. The zero-order valence-corrected chi connectivity index (χ0v) is 10.5. The largest absolute Gasteiger partial charge is 0.507 e. The highest BCUT2D eigenvalue weighted by atomic mass is 35.5. The number of rotatable bonds is 4. The molecule has 3 nitrogen and oxygen atoms in total. The summed E-state index contributed by atoms with van der Waals surface area (Å²) in [6, 6.07) is 3.23. The Bertz CT molecular complexity index is 419. The molecule has 0 spiro atoms. The van der Waals surface area contributed by atoms with Crippen molar-refractivity contribution in [1.82, 2.24) is 5.32 Å². The SMILES string of the molecule is CCC(C)(CCl)NC(=O)c1cc(F)ccc1O. The number of amides is 1. The molecule has 5 heteroatoms. The number of halogens is 2. The average Bonchev–Trinajstić information content (AvgIpc) is 2.32. The van der Waals surface area contributed by atoms with Crippen molar-refractivity contribution in [3.05, 3.63) is 29.6 Å². The number of carbonyl (C=O) groups excluding carboxylic acids is 1. The minimum Gasteiger partial charge on any atom is -0.507 e. The molecule has 1 aromatic carbocycles. The number of benzene rings is 1. The van der Waals surface area contributed by atoms with Gasteiger partial charge in [-0.05, 0) is 31.5 Å². The molecule has 17 heavy (non-hydrogen) atoms. The van der Waals surface area contributed by atoms with E-state index in [0.29, 0.717) is 6.42 Å². The Morgan fingerprint density at radius 2 is 2.24 bits per heavy atom. The van der Waals surface area contributed by atoms with Crippen LogP contribution in [-0.2, 0) is 0 Å². The van der Waals surface area contributed by atoms with Crippen LogP contribution < -0.4 is 5.32 Å². The molecule has 1 amide bonds. The molecule has 0 saturated carbocycles. The molecule has 0 aliphatic rings. The van der Waals surface area contributed by atoms with Crippen LogP contribution >= 0.6 is 11.6 Å².